The predicted molar refractivity (Wildman–Crippen MR) is 98.8 cm³/mol. The highest BCUT2D eigenvalue weighted by atomic mass is 19.1. The van der Waals surface area contributed by atoms with E-state index in [9.17, 15) is 4.39 Å². The molecule has 0 saturated heterocycles. The average molecular weight is 319 g/mol. The molecule has 0 amide bonds. The standard InChI is InChI=1S/C22H35F/c1-3-5-6-7-8-18-9-13-20(14-10-18)21-15-11-19(12-16-21)17-22(23)4-2/h11-12,15-16,18,20,22H,3-10,13-14,17H2,1-2H3. The smallest absolute Gasteiger partial charge is 0.104 e. The molecular weight excluding hydrogens is 283 g/mol. The van der Waals surface area contributed by atoms with Crippen LogP contribution in [0.3, 0.4) is 0 Å². The van der Waals surface area contributed by atoms with Crippen LogP contribution in [0.2, 0.25) is 0 Å². The molecule has 1 aliphatic rings. The van der Waals surface area contributed by atoms with E-state index in [2.05, 4.69) is 31.2 Å². The van der Waals surface area contributed by atoms with E-state index in [0.717, 1.165) is 17.4 Å². The van der Waals surface area contributed by atoms with Crippen molar-refractivity contribution in [3.63, 3.8) is 0 Å². The molecule has 1 unspecified atom stereocenters. The minimum atomic E-state index is -0.691. The molecule has 0 aliphatic heterocycles. The van der Waals surface area contributed by atoms with Crippen LogP contribution >= 0.6 is 0 Å². The van der Waals surface area contributed by atoms with Gasteiger partial charge in [0.1, 0.15) is 6.17 Å². The van der Waals surface area contributed by atoms with Gasteiger partial charge in [-0.3, -0.25) is 0 Å². The van der Waals surface area contributed by atoms with Crippen LogP contribution in [0.4, 0.5) is 4.39 Å². The van der Waals surface area contributed by atoms with Crippen LogP contribution in [-0.2, 0) is 6.42 Å². The lowest BCUT2D eigenvalue weighted by molar-refractivity contribution is 0.302. The van der Waals surface area contributed by atoms with Crippen molar-refractivity contribution in [1.29, 1.82) is 0 Å². The van der Waals surface area contributed by atoms with Crippen molar-refractivity contribution >= 4 is 0 Å². The van der Waals surface area contributed by atoms with Crippen molar-refractivity contribution in [3.8, 4) is 0 Å². The Hall–Kier alpha value is -0.850. The quantitative estimate of drug-likeness (QED) is 0.421. The summed E-state index contributed by atoms with van der Waals surface area (Å²) in [7, 11) is 0. The van der Waals surface area contributed by atoms with Crippen molar-refractivity contribution < 1.29 is 4.39 Å². The fourth-order valence-corrected chi connectivity index (χ4v) is 3.97. The van der Waals surface area contributed by atoms with Gasteiger partial charge in [-0.05, 0) is 55.1 Å². The van der Waals surface area contributed by atoms with Gasteiger partial charge in [-0.1, -0.05) is 70.2 Å². The van der Waals surface area contributed by atoms with Crippen molar-refractivity contribution in [2.75, 3.05) is 0 Å². The molecule has 0 heterocycles. The van der Waals surface area contributed by atoms with E-state index in [4.69, 9.17) is 0 Å². The Balaban J connectivity index is 1.74. The van der Waals surface area contributed by atoms with E-state index in [-0.39, 0.29) is 0 Å². The predicted octanol–water partition coefficient (Wildman–Crippen LogP) is 7.22. The zero-order chi connectivity index (χ0) is 16.5. The van der Waals surface area contributed by atoms with Gasteiger partial charge in [-0.15, -0.1) is 0 Å². The van der Waals surface area contributed by atoms with Crippen molar-refractivity contribution in [1.82, 2.24) is 0 Å². The summed E-state index contributed by atoms with van der Waals surface area (Å²) < 4.78 is 13.5. The second-order valence-electron chi connectivity index (χ2n) is 7.52. The van der Waals surface area contributed by atoms with Gasteiger partial charge in [0.2, 0.25) is 0 Å². The number of hydrogen-bond acceptors (Lipinski definition) is 0. The van der Waals surface area contributed by atoms with Crippen LogP contribution in [0, 0.1) is 5.92 Å². The van der Waals surface area contributed by atoms with E-state index in [1.807, 2.05) is 6.92 Å². The molecule has 2 rings (SSSR count). The van der Waals surface area contributed by atoms with Crippen molar-refractivity contribution in [2.45, 2.75) is 96.6 Å². The first-order valence-electron chi connectivity index (χ1n) is 9.95. The van der Waals surface area contributed by atoms with Crippen LogP contribution in [0.15, 0.2) is 24.3 Å². The number of rotatable bonds is 9. The molecule has 1 aromatic carbocycles. The summed E-state index contributed by atoms with van der Waals surface area (Å²) in [6, 6.07) is 8.80. The lowest BCUT2D eigenvalue weighted by Crippen LogP contribution is -2.13. The molecule has 1 aromatic rings. The molecule has 0 aromatic heterocycles. The molecule has 23 heavy (non-hydrogen) atoms. The maximum atomic E-state index is 13.5. The van der Waals surface area contributed by atoms with E-state index in [1.54, 1.807) is 0 Å². The van der Waals surface area contributed by atoms with Gasteiger partial charge in [0.15, 0.2) is 0 Å². The molecule has 0 radical (unpaired) electrons. The first kappa shape index (κ1) is 18.5. The van der Waals surface area contributed by atoms with Crippen LogP contribution in [-0.4, -0.2) is 6.17 Å². The minimum absolute atomic E-state index is 0.571. The van der Waals surface area contributed by atoms with Gasteiger partial charge >= 0.3 is 0 Å². The molecule has 130 valence electrons. The summed E-state index contributed by atoms with van der Waals surface area (Å²) in [5.74, 6) is 1.71. The topological polar surface area (TPSA) is 0 Å². The molecule has 1 heteroatoms. The van der Waals surface area contributed by atoms with E-state index >= 15 is 0 Å². The lowest BCUT2D eigenvalue weighted by atomic mass is 9.77. The molecule has 0 nitrogen and oxygen atoms in total. The Kier molecular flexibility index (Phi) is 8.12. The van der Waals surface area contributed by atoms with Gasteiger partial charge in [-0.2, -0.15) is 0 Å². The Morgan fingerprint density at radius 3 is 2.26 bits per heavy atom. The summed E-state index contributed by atoms with van der Waals surface area (Å²) in [6.45, 7) is 4.20. The third-order valence-electron chi connectivity index (χ3n) is 5.66. The monoisotopic (exact) mass is 318 g/mol. The summed E-state index contributed by atoms with van der Waals surface area (Å²) in [6.07, 6.45) is 13.0. The van der Waals surface area contributed by atoms with Gasteiger partial charge in [0.25, 0.3) is 0 Å². The minimum Gasteiger partial charge on any atom is -0.247 e. The zero-order valence-corrected chi connectivity index (χ0v) is 15.2. The fourth-order valence-electron chi connectivity index (χ4n) is 3.97. The maximum absolute atomic E-state index is 13.5. The molecule has 1 saturated carbocycles. The van der Waals surface area contributed by atoms with Gasteiger partial charge in [0.05, 0.1) is 0 Å². The number of halogens is 1. The molecule has 1 atom stereocenters. The molecule has 0 N–H and O–H groups in total. The van der Waals surface area contributed by atoms with Gasteiger partial charge in [-0.25, -0.2) is 4.39 Å². The first-order valence-corrected chi connectivity index (χ1v) is 9.95. The van der Waals surface area contributed by atoms with Crippen LogP contribution < -0.4 is 0 Å². The second kappa shape index (κ2) is 10.1. The Morgan fingerprint density at radius 1 is 0.957 bits per heavy atom. The highest BCUT2D eigenvalue weighted by molar-refractivity contribution is 5.26. The van der Waals surface area contributed by atoms with E-state index in [0.29, 0.717) is 12.8 Å². The Labute approximate surface area is 142 Å². The number of alkyl halides is 1. The normalized spacial score (nSPS) is 22.9. The maximum Gasteiger partial charge on any atom is 0.104 e. The first-order chi connectivity index (χ1) is 11.2. The molecule has 1 aliphatic carbocycles. The molecular formula is C22H35F. The summed E-state index contributed by atoms with van der Waals surface area (Å²) in [5.41, 5.74) is 2.62. The molecule has 0 spiro atoms. The van der Waals surface area contributed by atoms with Gasteiger partial charge in [0, 0.05) is 6.42 Å². The summed E-state index contributed by atoms with van der Waals surface area (Å²) in [4.78, 5) is 0. The van der Waals surface area contributed by atoms with Crippen LogP contribution in [0.25, 0.3) is 0 Å². The van der Waals surface area contributed by atoms with Crippen molar-refractivity contribution in [2.24, 2.45) is 5.92 Å². The third kappa shape index (κ3) is 6.28. The zero-order valence-electron chi connectivity index (χ0n) is 15.2. The van der Waals surface area contributed by atoms with Gasteiger partial charge < -0.3 is 0 Å². The summed E-state index contributed by atoms with van der Waals surface area (Å²) in [5, 5.41) is 0. The lowest BCUT2D eigenvalue weighted by Gasteiger charge is -2.29. The SMILES string of the molecule is CCCCCCC1CCC(c2ccc(CC(F)CC)cc2)CC1. The Bertz CT molecular complexity index is 414. The Morgan fingerprint density at radius 2 is 1.65 bits per heavy atom. The molecule has 1 fully saturated rings. The van der Waals surface area contributed by atoms with E-state index < -0.39 is 6.17 Å². The number of unbranched alkanes of at least 4 members (excludes halogenated alkanes) is 3. The third-order valence-corrected chi connectivity index (χ3v) is 5.66. The average Bonchev–Trinajstić information content (AvgIpc) is 2.60. The highest BCUT2D eigenvalue weighted by Gasteiger charge is 2.22. The van der Waals surface area contributed by atoms with Crippen molar-refractivity contribution in [3.05, 3.63) is 35.4 Å². The fraction of sp³-hybridized carbons (Fsp3) is 0.727. The second-order valence-corrected chi connectivity index (χ2v) is 7.52. The number of hydrogen-bond donors (Lipinski definition) is 0. The van der Waals surface area contributed by atoms with E-state index in [1.165, 1.54) is 63.4 Å². The van der Waals surface area contributed by atoms with Crippen LogP contribution in [0.1, 0.15) is 95.1 Å². The largest absolute Gasteiger partial charge is 0.247 e. The molecule has 0 bridgehead atoms. The highest BCUT2D eigenvalue weighted by Crippen LogP contribution is 2.37. The number of benzene rings is 1. The van der Waals surface area contributed by atoms with Crippen LogP contribution in [0.5, 0.6) is 0 Å². The summed E-state index contributed by atoms with van der Waals surface area (Å²) >= 11 is 0.